The second-order valence-corrected chi connectivity index (χ2v) is 9.90. The van der Waals surface area contributed by atoms with E-state index in [2.05, 4.69) is 11.9 Å². The van der Waals surface area contributed by atoms with Crippen molar-refractivity contribution in [3.05, 3.63) is 28.2 Å². The van der Waals surface area contributed by atoms with Gasteiger partial charge in [-0.25, -0.2) is 8.42 Å². The predicted octanol–water partition coefficient (Wildman–Crippen LogP) is 2.56. The molecule has 0 unspecified atom stereocenters. The number of nitrogens with zero attached hydrogens (tertiary/aromatic N) is 3. The van der Waals surface area contributed by atoms with Gasteiger partial charge in [-0.1, -0.05) is 29.3 Å². The van der Waals surface area contributed by atoms with Crippen LogP contribution in [0.2, 0.25) is 10.0 Å². The maximum atomic E-state index is 12.9. The SMILES string of the molecule is CN1CCCN(C(=O)C2CCN(S(=O)(=O)c3c(Cl)cccc3Cl)CC2)CC1. The first-order valence-electron chi connectivity index (χ1n) is 9.22. The van der Waals surface area contributed by atoms with Gasteiger partial charge in [0, 0.05) is 38.6 Å². The molecule has 0 saturated carbocycles. The molecule has 1 amide bonds. The molecule has 27 heavy (non-hydrogen) atoms. The number of piperidine rings is 1. The number of likely N-dealkylation sites (N-methyl/N-ethyl adjacent to an activating group) is 1. The molecule has 2 heterocycles. The van der Waals surface area contributed by atoms with Gasteiger partial charge in [-0.2, -0.15) is 4.31 Å². The van der Waals surface area contributed by atoms with Crippen LogP contribution in [0.5, 0.6) is 0 Å². The zero-order valence-corrected chi connectivity index (χ0v) is 17.7. The zero-order valence-electron chi connectivity index (χ0n) is 15.4. The summed E-state index contributed by atoms with van der Waals surface area (Å²) in [6, 6.07) is 4.66. The summed E-state index contributed by atoms with van der Waals surface area (Å²) in [5, 5.41) is 0.240. The second kappa shape index (κ2) is 8.66. The fourth-order valence-corrected chi connectivity index (χ4v) is 6.29. The van der Waals surface area contributed by atoms with E-state index >= 15 is 0 Å². The molecule has 0 spiro atoms. The molecule has 2 aliphatic rings. The number of rotatable bonds is 3. The molecule has 3 rings (SSSR count). The van der Waals surface area contributed by atoms with E-state index in [9.17, 15) is 13.2 Å². The molecular formula is C18H25Cl2N3O3S. The molecule has 1 aromatic rings. The Morgan fingerprint density at radius 3 is 2.26 bits per heavy atom. The molecule has 0 radical (unpaired) electrons. The first kappa shape index (κ1) is 20.9. The fraction of sp³-hybridized carbons (Fsp3) is 0.611. The fourth-order valence-electron chi connectivity index (χ4n) is 3.73. The van der Waals surface area contributed by atoms with Gasteiger partial charge in [0.05, 0.1) is 10.0 Å². The van der Waals surface area contributed by atoms with Crippen molar-refractivity contribution < 1.29 is 13.2 Å². The quantitative estimate of drug-likeness (QED) is 0.734. The number of amides is 1. The Morgan fingerprint density at radius 1 is 1.00 bits per heavy atom. The maximum Gasteiger partial charge on any atom is 0.246 e. The number of hydrogen-bond donors (Lipinski definition) is 0. The molecule has 0 atom stereocenters. The molecule has 150 valence electrons. The highest BCUT2D eigenvalue weighted by Crippen LogP contribution is 2.33. The van der Waals surface area contributed by atoms with Crippen LogP contribution in [0.3, 0.4) is 0 Å². The van der Waals surface area contributed by atoms with Crippen LogP contribution in [0.25, 0.3) is 0 Å². The van der Waals surface area contributed by atoms with Crippen molar-refractivity contribution in [3.8, 4) is 0 Å². The van der Waals surface area contributed by atoms with Crippen molar-refractivity contribution in [1.82, 2.24) is 14.1 Å². The van der Waals surface area contributed by atoms with Gasteiger partial charge in [0.15, 0.2) is 0 Å². The molecule has 2 fully saturated rings. The molecule has 0 aromatic heterocycles. The number of carbonyl (C=O) groups is 1. The van der Waals surface area contributed by atoms with Crippen molar-refractivity contribution in [2.45, 2.75) is 24.2 Å². The Bertz CT molecular complexity index is 775. The molecule has 1 aromatic carbocycles. The van der Waals surface area contributed by atoms with E-state index in [1.807, 2.05) is 4.90 Å². The molecule has 0 aliphatic carbocycles. The standard InChI is InChI=1S/C18H25Cl2N3O3S/c1-21-8-3-9-22(13-12-21)18(24)14-6-10-23(11-7-14)27(25,26)17-15(19)4-2-5-16(17)20/h2,4-5,14H,3,6-13H2,1H3. The Hall–Kier alpha value is -0.860. The molecule has 9 heteroatoms. The summed E-state index contributed by atoms with van der Waals surface area (Å²) in [4.78, 5) is 17.0. The zero-order chi connectivity index (χ0) is 19.6. The van der Waals surface area contributed by atoms with Crippen LogP contribution in [0.1, 0.15) is 19.3 Å². The lowest BCUT2D eigenvalue weighted by Crippen LogP contribution is -2.45. The topological polar surface area (TPSA) is 60.9 Å². The highest BCUT2D eigenvalue weighted by atomic mass is 35.5. The third kappa shape index (κ3) is 4.59. The van der Waals surface area contributed by atoms with Crippen molar-refractivity contribution in [2.75, 3.05) is 46.3 Å². The maximum absolute atomic E-state index is 12.9. The van der Waals surface area contributed by atoms with Gasteiger partial charge < -0.3 is 9.80 Å². The average Bonchev–Trinajstić information content (AvgIpc) is 2.85. The van der Waals surface area contributed by atoms with E-state index in [1.165, 1.54) is 16.4 Å². The predicted molar refractivity (Wildman–Crippen MR) is 107 cm³/mol. The van der Waals surface area contributed by atoms with Crippen molar-refractivity contribution in [3.63, 3.8) is 0 Å². The molecular weight excluding hydrogens is 409 g/mol. The average molecular weight is 434 g/mol. The Kier molecular flexibility index (Phi) is 6.69. The van der Waals surface area contributed by atoms with E-state index in [0.717, 1.165) is 32.6 Å². The Morgan fingerprint density at radius 2 is 1.63 bits per heavy atom. The third-order valence-electron chi connectivity index (χ3n) is 5.35. The van der Waals surface area contributed by atoms with Gasteiger partial charge in [-0.3, -0.25) is 4.79 Å². The number of benzene rings is 1. The van der Waals surface area contributed by atoms with E-state index in [0.29, 0.717) is 25.9 Å². The first-order valence-corrected chi connectivity index (χ1v) is 11.4. The van der Waals surface area contributed by atoms with Crippen LogP contribution < -0.4 is 0 Å². The van der Waals surface area contributed by atoms with Gasteiger partial charge in [0.1, 0.15) is 4.90 Å². The monoisotopic (exact) mass is 433 g/mol. The van der Waals surface area contributed by atoms with Gasteiger partial charge in [0.2, 0.25) is 15.9 Å². The summed E-state index contributed by atoms with van der Waals surface area (Å²) in [5.74, 6) is 0.0275. The van der Waals surface area contributed by atoms with Crippen LogP contribution >= 0.6 is 23.2 Å². The summed E-state index contributed by atoms with van der Waals surface area (Å²) in [6.45, 7) is 3.99. The Balaban J connectivity index is 1.65. The lowest BCUT2D eigenvalue weighted by molar-refractivity contribution is -0.136. The lowest BCUT2D eigenvalue weighted by Gasteiger charge is -2.33. The largest absolute Gasteiger partial charge is 0.341 e. The number of carbonyl (C=O) groups excluding carboxylic acids is 1. The summed E-state index contributed by atoms with van der Waals surface area (Å²) in [5.41, 5.74) is 0. The number of sulfonamides is 1. The number of halogens is 2. The van der Waals surface area contributed by atoms with Crippen molar-refractivity contribution in [2.24, 2.45) is 5.92 Å². The summed E-state index contributed by atoms with van der Waals surface area (Å²) in [7, 11) is -1.71. The first-order chi connectivity index (χ1) is 12.8. The van der Waals surface area contributed by atoms with Crippen molar-refractivity contribution in [1.29, 1.82) is 0 Å². The minimum atomic E-state index is -3.77. The molecule has 2 aliphatic heterocycles. The second-order valence-electron chi connectivity index (χ2n) is 7.21. The summed E-state index contributed by atoms with van der Waals surface area (Å²) >= 11 is 12.2. The highest BCUT2D eigenvalue weighted by molar-refractivity contribution is 7.89. The van der Waals surface area contributed by atoms with Crippen LogP contribution in [0, 0.1) is 5.92 Å². The normalized spacial score (nSPS) is 21.2. The van der Waals surface area contributed by atoms with Crippen molar-refractivity contribution >= 4 is 39.1 Å². The Labute approximate surface area is 171 Å². The van der Waals surface area contributed by atoms with Crippen LogP contribution in [-0.4, -0.2) is 74.7 Å². The van der Waals surface area contributed by atoms with Crippen LogP contribution in [-0.2, 0) is 14.8 Å². The molecule has 0 bridgehead atoms. The van der Waals surface area contributed by atoms with Gasteiger partial charge in [-0.15, -0.1) is 0 Å². The van der Waals surface area contributed by atoms with E-state index in [4.69, 9.17) is 23.2 Å². The lowest BCUT2D eigenvalue weighted by atomic mass is 9.96. The van der Waals surface area contributed by atoms with Gasteiger partial charge in [0.25, 0.3) is 0 Å². The van der Waals surface area contributed by atoms with E-state index in [-0.39, 0.29) is 26.8 Å². The molecule has 0 N–H and O–H groups in total. The highest BCUT2D eigenvalue weighted by Gasteiger charge is 2.35. The van der Waals surface area contributed by atoms with E-state index in [1.54, 1.807) is 6.07 Å². The minimum absolute atomic E-state index is 0.0475. The minimum Gasteiger partial charge on any atom is -0.341 e. The van der Waals surface area contributed by atoms with Crippen LogP contribution in [0.15, 0.2) is 23.1 Å². The van der Waals surface area contributed by atoms with E-state index < -0.39 is 10.0 Å². The number of hydrogen-bond acceptors (Lipinski definition) is 4. The summed E-state index contributed by atoms with van der Waals surface area (Å²) < 4.78 is 27.3. The smallest absolute Gasteiger partial charge is 0.246 e. The molecule has 2 saturated heterocycles. The van der Waals surface area contributed by atoms with Crippen LogP contribution in [0.4, 0.5) is 0 Å². The van der Waals surface area contributed by atoms with Gasteiger partial charge >= 0.3 is 0 Å². The third-order valence-corrected chi connectivity index (χ3v) is 8.21. The van der Waals surface area contributed by atoms with Gasteiger partial charge in [-0.05, 0) is 45.0 Å². The summed E-state index contributed by atoms with van der Waals surface area (Å²) in [6.07, 6.45) is 2.01. The molecule has 6 nitrogen and oxygen atoms in total.